The number of carbonyl (C=O) groups excluding carboxylic acids is 1. The van der Waals surface area contributed by atoms with Gasteiger partial charge in [-0.15, -0.1) is 0 Å². The Morgan fingerprint density at radius 3 is 2.67 bits per heavy atom. The van der Waals surface area contributed by atoms with Crippen LogP contribution in [-0.4, -0.2) is 11.5 Å². The predicted molar refractivity (Wildman–Crippen MR) is 40.1 cm³/mol. The maximum Gasteiger partial charge on any atom is 0.143 e. The Labute approximate surface area is 68.8 Å². The normalized spacial score (nSPS) is 12.5. The summed E-state index contributed by atoms with van der Waals surface area (Å²) in [6, 6.07) is 4.76. The standard InChI is InChI=1S/C8H8FNO2/c9-7-4-2-1-3-6(7)8(5-11)10-12/h1-5,8,10,12H. The van der Waals surface area contributed by atoms with Gasteiger partial charge in [-0.2, -0.15) is 5.48 Å². The number of hydrogen-bond donors (Lipinski definition) is 2. The average Bonchev–Trinajstić information content (AvgIpc) is 2.10. The smallest absolute Gasteiger partial charge is 0.143 e. The molecular formula is C8H8FNO2. The molecule has 0 saturated carbocycles. The minimum absolute atomic E-state index is 0.134. The molecule has 1 aromatic rings. The van der Waals surface area contributed by atoms with Crippen molar-refractivity contribution in [2.45, 2.75) is 6.04 Å². The van der Waals surface area contributed by atoms with E-state index in [1.54, 1.807) is 11.5 Å². The Morgan fingerprint density at radius 1 is 1.50 bits per heavy atom. The molecule has 3 nitrogen and oxygen atoms in total. The Hall–Kier alpha value is -1.26. The molecule has 1 atom stereocenters. The Kier molecular flexibility index (Phi) is 2.90. The summed E-state index contributed by atoms with van der Waals surface area (Å²) in [5.74, 6) is -0.517. The zero-order valence-electron chi connectivity index (χ0n) is 6.20. The third-order valence-electron chi connectivity index (χ3n) is 1.52. The number of rotatable bonds is 3. The first-order valence-electron chi connectivity index (χ1n) is 3.39. The molecule has 0 spiro atoms. The zero-order chi connectivity index (χ0) is 8.97. The van der Waals surface area contributed by atoms with Crippen LogP contribution in [0.15, 0.2) is 24.3 Å². The van der Waals surface area contributed by atoms with E-state index in [4.69, 9.17) is 5.21 Å². The van der Waals surface area contributed by atoms with Crippen molar-refractivity contribution in [2.75, 3.05) is 0 Å². The van der Waals surface area contributed by atoms with E-state index in [9.17, 15) is 9.18 Å². The highest BCUT2D eigenvalue weighted by Crippen LogP contribution is 2.13. The van der Waals surface area contributed by atoms with Gasteiger partial charge in [0.1, 0.15) is 18.1 Å². The molecule has 0 radical (unpaired) electrons. The molecule has 64 valence electrons. The maximum absolute atomic E-state index is 12.9. The molecule has 1 rings (SSSR count). The lowest BCUT2D eigenvalue weighted by Gasteiger charge is -2.07. The van der Waals surface area contributed by atoms with Gasteiger partial charge in [0, 0.05) is 5.56 Å². The van der Waals surface area contributed by atoms with Gasteiger partial charge >= 0.3 is 0 Å². The molecule has 1 unspecified atom stereocenters. The van der Waals surface area contributed by atoms with Gasteiger partial charge in [-0.25, -0.2) is 4.39 Å². The van der Waals surface area contributed by atoms with E-state index in [1.165, 1.54) is 18.2 Å². The molecule has 0 saturated heterocycles. The molecule has 2 N–H and O–H groups in total. The minimum atomic E-state index is -0.994. The topological polar surface area (TPSA) is 49.3 Å². The van der Waals surface area contributed by atoms with Crippen LogP contribution in [0.3, 0.4) is 0 Å². The van der Waals surface area contributed by atoms with Gasteiger partial charge in [0.15, 0.2) is 0 Å². The summed E-state index contributed by atoms with van der Waals surface area (Å²) in [4.78, 5) is 10.3. The van der Waals surface area contributed by atoms with Gasteiger partial charge in [-0.3, -0.25) is 0 Å². The van der Waals surface area contributed by atoms with Crippen LogP contribution >= 0.6 is 0 Å². The van der Waals surface area contributed by atoms with Crippen LogP contribution in [0, 0.1) is 5.82 Å². The highest BCUT2D eigenvalue weighted by atomic mass is 19.1. The lowest BCUT2D eigenvalue weighted by atomic mass is 10.1. The second-order valence-electron chi connectivity index (χ2n) is 2.26. The first kappa shape index (κ1) is 8.83. The van der Waals surface area contributed by atoms with E-state index < -0.39 is 11.9 Å². The SMILES string of the molecule is O=CC(NO)c1ccccc1F. The van der Waals surface area contributed by atoms with E-state index in [0.717, 1.165) is 0 Å². The number of hydrogen-bond acceptors (Lipinski definition) is 3. The fourth-order valence-corrected chi connectivity index (χ4v) is 0.901. The summed E-state index contributed by atoms with van der Waals surface area (Å²) in [6.45, 7) is 0. The van der Waals surface area contributed by atoms with Crippen molar-refractivity contribution in [3.05, 3.63) is 35.6 Å². The number of nitrogens with one attached hydrogen (secondary N) is 1. The molecule has 0 fully saturated rings. The summed E-state index contributed by atoms with van der Waals surface area (Å²) in [6.07, 6.45) is 0.429. The average molecular weight is 169 g/mol. The second-order valence-corrected chi connectivity index (χ2v) is 2.26. The lowest BCUT2D eigenvalue weighted by molar-refractivity contribution is -0.112. The third kappa shape index (κ3) is 1.66. The summed E-state index contributed by atoms with van der Waals surface area (Å²) in [7, 11) is 0. The van der Waals surface area contributed by atoms with Crippen molar-refractivity contribution in [3.63, 3.8) is 0 Å². The monoisotopic (exact) mass is 169 g/mol. The molecular weight excluding hydrogens is 161 g/mol. The number of hydroxylamine groups is 1. The van der Waals surface area contributed by atoms with Crippen LogP contribution in [0.2, 0.25) is 0 Å². The van der Waals surface area contributed by atoms with E-state index in [-0.39, 0.29) is 5.56 Å². The van der Waals surface area contributed by atoms with Crippen LogP contribution in [0.4, 0.5) is 4.39 Å². The van der Waals surface area contributed by atoms with E-state index in [0.29, 0.717) is 6.29 Å². The van der Waals surface area contributed by atoms with Gasteiger partial charge in [-0.1, -0.05) is 18.2 Å². The lowest BCUT2D eigenvalue weighted by Crippen LogP contribution is -2.19. The number of halogens is 1. The highest BCUT2D eigenvalue weighted by molar-refractivity contribution is 5.61. The second kappa shape index (κ2) is 3.94. The van der Waals surface area contributed by atoms with Crippen LogP contribution < -0.4 is 5.48 Å². The van der Waals surface area contributed by atoms with E-state index in [1.807, 2.05) is 0 Å². The minimum Gasteiger partial charge on any atom is -0.316 e. The van der Waals surface area contributed by atoms with Crippen molar-refractivity contribution in [1.29, 1.82) is 0 Å². The molecule has 0 aliphatic heterocycles. The first-order valence-corrected chi connectivity index (χ1v) is 3.39. The molecule has 4 heteroatoms. The number of aldehydes is 1. The van der Waals surface area contributed by atoms with Crippen LogP contribution in [0.5, 0.6) is 0 Å². The van der Waals surface area contributed by atoms with E-state index >= 15 is 0 Å². The molecule has 0 aliphatic rings. The van der Waals surface area contributed by atoms with Crippen molar-refractivity contribution >= 4 is 6.29 Å². The largest absolute Gasteiger partial charge is 0.316 e. The van der Waals surface area contributed by atoms with Gasteiger partial charge < -0.3 is 10.0 Å². The molecule has 0 aliphatic carbocycles. The quantitative estimate of drug-likeness (QED) is 0.525. The van der Waals surface area contributed by atoms with Crippen LogP contribution in [0.1, 0.15) is 11.6 Å². The van der Waals surface area contributed by atoms with Crippen LogP contribution in [0.25, 0.3) is 0 Å². The molecule has 0 heterocycles. The fraction of sp³-hybridized carbons (Fsp3) is 0.125. The Balaban J connectivity index is 3.00. The van der Waals surface area contributed by atoms with Gasteiger partial charge in [0.2, 0.25) is 0 Å². The van der Waals surface area contributed by atoms with Gasteiger partial charge in [-0.05, 0) is 6.07 Å². The van der Waals surface area contributed by atoms with Crippen molar-refractivity contribution in [2.24, 2.45) is 0 Å². The van der Waals surface area contributed by atoms with Gasteiger partial charge in [0.25, 0.3) is 0 Å². The van der Waals surface area contributed by atoms with Crippen molar-refractivity contribution < 1.29 is 14.4 Å². The molecule has 0 bridgehead atoms. The zero-order valence-corrected chi connectivity index (χ0v) is 6.20. The summed E-state index contributed by atoms with van der Waals surface area (Å²) in [5.41, 5.74) is 1.84. The Morgan fingerprint density at radius 2 is 2.17 bits per heavy atom. The van der Waals surface area contributed by atoms with Crippen LogP contribution in [-0.2, 0) is 4.79 Å². The summed E-state index contributed by atoms with van der Waals surface area (Å²) < 4.78 is 12.9. The molecule has 0 amide bonds. The fourth-order valence-electron chi connectivity index (χ4n) is 0.901. The number of carbonyl (C=O) groups is 1. The van der Waals surface area contributed by atoms with Crippen molar-refractivity contribution in [1.82, 2.24) is 5.48 Å². The molecule has 12 heavy (non-hydrogen) atoms. The Bertz CT molecular complexity index is 278. The molecule has 1 aromatic carbocycles. The van der Waals surface area contributed by atoms with Crippen molar-refractivity contribution in [3.8, 4) is 0 Å². The maximum atomic E-state index is 12.9. The summed E-state index contributed by atoms with van der Waals surface area (Å²) >= 11 is 0. The first-order chi connectivity index (χ1) is 5.79. The third-order valence-corrected chi connectivity index (χ3v) is 1.52. The van der Waals surface area contributed by atoms with Gasteiger partial charge in [0.05, 0.1) is 0 Å². The molecule has 0 aromatic heterocycles. The predicted octanol–water partition coefficient (Wildman–Crippen LogP) is 1.04. The van der Waals surface area contributed by atoms with E-state index in [2.05, 4.69) is 0 Å². The summed E-state index contributed by atoms with van der Waals surface area (Å²) in [5, 5.41) is 8.46. The number of benzene rings is 1. The highest BCUT2D eigenvalue weighted by Gasteiger charge is 2.12.